The SMILES string of the molecule is COc1ccc(OC)c(CC(=O)N2CCSc3ccccc32)c1. The summed E-state index contributed by atoms with van der Waals surface area (Å²) in [5.41, 5.74) is 1.84. The number of benzene rings is 2. The van der Waals surface area contributed by atoms with Gasteiger partial charge in [0, 0.05) is 22.8 Å². The summed E-state index contributed by atoms with van der Waals surface area (Å²) in [6, 6.07) is 13.6. The maximum Gasteiger partial charge on any atom is 0.231 e. The third-order valence-corrected chi connectivity index (χ3v) is 4.90. The minimum atomic E-state index is 0.0734. The third kappa shape index (κ3) is 3.29. The number of hydrogen-bond acceptors (Lipinski definition) is 4. The number of methoxy groups -OCH3 is 2. The van der Waals surface area contributed by atoms with E-state index in [9.17, 15) is 4.79 Å². The van der Waals surface area contributed by atoms with Crippen LogP contribution in [-0.4, -0.2) is 32.4 Å². The van der Waals surface area contributed by atoms with E-state index in [0.717, 1.165) is 34.2 Å². The summed E-state index contributed by atoms with van der Waals surface area (Å²) in [5.74, 6) is 2.42. The fourth-order valence-electron chi connectivity index (χ4n) is 2.71. The first kappa shape index (κ1) is 15.7. The third-order valence-electron chi connectivity index (χ3n) is 3.86. The summed E-state index contributed by atoms with van der Waals surface area (Å²) in [7, 11) is 3.23. The number of carbonyl (C=O) groups excluding carboxylic acids is 1. The monoisotopic (exact) mass is 329 g/mol. The van der Waals surface area contributed by atoms with Gasteiger partial charge >= 0.3 is 0 Å². The molecule has 120 valence electrons. The minimum absolute atomic E-state index is 0.0734. The van der Waals surface area contributed by atoms with E-state index in [2.05, 4.69) is 6.07 Å². The number of rotatable bonds is 4. The first-order chi connectivity index (χ1) is 11.2. The van der Waals surface area contributed by atoms with Crippen LogP contribution < -0.4 is 14.4 Å². The highest BCUT2D eigenvalue weighted by Crippen LogP contribution is 2.35. The molecule has 23 heavy (non-hydrogen) atoms. The largest absolute Gasteiger partial charge is 0.497 e. The van der Waals surface area contributed by atoms with Gasteiger partial charge in [-0.25, -0.2) is 0 Å². The van der Waals surface area contributed by atoms with Crippen LogP contribution in [0.25, 0.3) is 0 Å². The highest BCUT2D eigenvalue weighted by molar-refractivity contribution is 7.99. The summed E-state index contributed by atoms with van der Waals surface area (Å²) in [6.07, 6.45) is 0.291. The first-order valence-electron chi connectivity index (χ1n) is 7.46. The fourth-order valence-corrected chi connectivity index (χ4v) is 3.70. The molecule has 0 aromatic heterocycles. The fraction of sp³-hybridized carbons (Fsp3) is 0.278. The van der Waals surface area contributed by atoms with Crippen molar-refractivity contribution in [2.24, 2.45) is 0 Å². The molecule has 0 bridgehead atoms. The normalized spacial score (nSPS) is 13.4. The Morgan fingerprint density at radius 3 is 2.78 bits per heavy atom. The van der Waals surface area contributed by atoms with Gasteiger partial charge in [0.05, 0.1) is 26.3 Å². The van der Waals surface area contributed by atoms with Crippen molar-refractivity contribution < 1.29 is 14.3 Å². The topological polar surface area (TPSA) is 38.8 Å². The number of amides is 1. The Bertz CT molecular complexity index is 717. The second-order valence-electron chi connectivity index (χ2n) is 5.22. The Labute approximate surface area is 140 Å². The van der Waals surface area contributed by atoms with Gasteiger partial charge in [0.15, 0.2) is 0 Å². The van der Waals surface area contributed by atoms with Gasteiger partial charge in [0.2, 0.25) is 5.91 Å². The molecule has 2 aromatic rings. The van der Waals surface area contributed by atoms with Crippen molar-refractivity contribution in [2.45, 2.75) is 11.3 Å². The lowest BCUT2D eigenvalue weighted by atomic mass is 10.1. The average Bonchev–Trinajstić information content (AvgIpc) is 2.61. The molecule has 0 radical (unpaired) electrons. The molecule has 1 heterocycles. The Balaban J connectivity index is 1.86. The Hall–Kier alpha value is -2.14. The molecule has 0 aliphatic carbocycles. The molecule has 0 fully saturated rings. The van der Waals surface area contributed by atoms with E-state index in [1.54, 1.807) is 26.0 Å². The summed E-state index contributed by atoms with van der Waals surface area (Å²) < 4.78 is 10.6. The summed E-state index contributed by atoms with van der Waals surface area (Å²) in [6.45, 7) is 0.729. The lowest BCUT2D eigenvalue weighted by molar-refractivity contribution is -0.118. The molecule has 0 saturated carbocycles. The number of carbonyl (C=O) groups is 1. The smallest absolute Gasteiger partial charge is 0.231 e. The van der Waals surface area contributed by atoms with Gasteiger partial charge in [-0.1, -0.05) is 12.1 Å². The van der Waals surface area contributed by atoms with Crippen molar-refractivity contribution in [3.63, 3.8) is 0 Å². The van der Waals surface area contributed by atoms with Gasteiger partial charge in [-0.05, 0) is 30.3 Å². The van der Waals surface area contributed by atoms with Crippen LogP contribution in [0, 0.1) is 0 Å². The lowest BCUT2D eigenvalue weighted by Crippen LogP contribution is -2.36. The molecule has 1 amide bonds. The second-order valence-corrected chi connectivity index (χ2v) is 6.35. The standard InChI is InChI=1S/C18H19NO3S/c1-21-14-7-8-16(22-2)13(11-14)12-18(20)19-9-10-23-17-6-4-3-5-15(17)19/h3-8,11H,9-10,12H2,1-2H3. The molecule has 0 spiro atoms. The highest BCUT2D eigenvalue weighted by atomic mass is 32.2. The maximum absolute atomic E-state index is 12.8. The Kier molecular flexibility index (Phi) is 4.76. The van der Waals surface area contributed by atoms with Crippen LogP contribution in [0.1, 0.15) is 5.56 Å². The van der Waals surface area contributed by atoms with Crippen LogP contribution in [0.3, 0.4) is 0 Å². The number of anilines is 1. The molecule has 5 heteroatoms. The number of thioether (sulfide) groups is 1. The van der Waals surface area contributed by atoms with Crippen LogP contribution in [0.4, 0.5) is 5.69 Å². The quantitative estimate of drug-likeness (QED) is 0.862. The number of hydrogen-bond donors (Lipinski definition) is 0. The van der Waals surface area contributed by atoms with Crippen LogP contribution in [-0.2, 0) is 11.2 Å². The van der Waals surface area contributed by atoms with Gasteiger partial charge in [-0.2, -0.15) is 0 Å². The van der Waals surface area contributed by atoms with Crippen molar-refractivity contribution in [1.29, 1.82) is 0 Å². The van der Waals surface area contributed by atoms with E-state index < -0.39 is 0 Å². The lowest BCUT2D eigenvalue weighted by Gasteiger charge is -2.29. The molecule has 0 N–H and O–H groups in total. The van der Waals surface area contributed by atoms with Gasteiger partial charge in [0.25, 0.3) is 0 Å². The number of fused-ring (bicyclic) bond motifs is 1. The Morgan fingerprint density at radius 2 is 2.00 bits per heavy atom. The van der Waals surface area contributed by atoms with Crippen molar-refractivity contribution >= 4 is 23.4 Å². The van der Waals surface area contributed by atoms with E-state index >= 15 is 0 Å². The predicted octanol–water partition coefficient (Wildman–Crippen LogP) is 3.39. The van der Waals surface area contributed by atoms with Crippen molar-refractivity contribution in [2.75, 3.05) is 31.4 Å². The summed E-state index contributed by atoms with van der Waals surface area (Å²) in [4.78, 5) is 15.8. The van der Waals surface area contributed by atoms with Crippen LogP contribution in [0.5, 0.6) is 11.5 Å². The first-order valence-corrected chi connectivity index (χ1v) is 8.44. The molecule has 4 nitrogen and oxygen atoms in total. The maximum atomic E-state index is 12.8. The second kappa shape index (κ2) is 6.96. The van der Waals surface area contributed by atoms with Gasteiger partial charge in [-0.15, -0.1) is 11.8 Å². The molecule has 2 aromatic carbocycles. The molecule has 1 aliphatic heterocycles. The van der Waals surface area contributed by atoms with Crippen LogP contribution in [0.15, 0.2) is 47.4 Å². The van der Waals surface area contributed by atoms with Crippen LogP contribution in [0.2, 0.25) is 0 Å². The zero-order chi connectivity index (χ0) is 16.2. The van der Waals surface area contributed by atoms with Gasteiger partial charge in [0.1, 0.15) is 11.5 Å². The predicted molar refractivity (Wildman–Crippen MR) is 92.8 cm³/mol. The highest BCUT2D eigenvalue weighted by Gasteiger charge is 2.23. The van der Waals surface area contributed by atoms with Crippen molar-refractivity contribution in [1.82, 2.24) is 0 Å². The molecule has 0 saturated heterocycles. The number of nitrogens with zero attached hydrogens (tertiary/aromatic N) is 1. The molecular formula is C18H19NO3S. The zero-order valence-corrected chi connectivity index (χ0v) is 14.1. The van der Waals surface area contributed by atoms with Crippen molar-refractivity contribution in [3.8, 4) is 11.5 Å². The molecular weight excluding hydrogens is 310 g/mol. The van der Waals surface area contributed by atoms with E-state index in [1.165, 1.54) is 0 Å². The zero-order valence-electron chi connectivity index (χ0n) is 13.2. The molecule has 3 rings (SSSR count). The summed E-state index contributed by atoms with van der Waals surface area (Å²) >= 11 is 1.79. The summed E-state index contributed by atoms with van der Waals surface area (Å²) in [5, 5.41) is 0. The van der Waals surface area contributed by atoms with E-state index in [0.29, 0.717) is 12.2 Å². The average molecular weight is 329 g/mol. The van der Waals surface area contributed by atoms with E-state index in [1.807, 2.05) is 41.3 Å². The van der Waals surface area contributed by atoms with Crippen molar-refractivity contribution in [3.05, 3.63) is 48.0 Å². The Morgan fingerprint density at radius 1 is 1.17 bits per heavy atom. The van der Waals surface area contributed by atoms with Gasteiger partial charge in [-0.3, -0.25) is 4.79 Å². The van der Waals surface area contributed by atoms with Gasteiger partial charge < -0.3 is 14.4 Å². The van der Waals surface area contributed by atoms with E-state index in [-0.39, 0.29) is 5.91 Å². The molecule has 0 atom stereocenters. The number of para-hydroxylation sites is 1. The number of ether oxygens (including phenoxy) is 2. The van der Waals surface area contributed by atoms with Crippen LogP contribution >= 0.6 is 11.8 Å². The minimum Gasteiger partial charge on any atom is -0.497 e. The molecule has 0 unspecified atom stereocenters. The molecule has 1 aliphatic rings. The van der Waals surface area contributed by atoms with E-state index in [4.69, 9.17) is 9.47 Å².